The van der Waals surface area contributed by atoms with Crippen LogP contribution in [0.25, 0.3) is 10.9 Å². The normalized spacial score (nSPS) is 13.6. The van der Waals surface area contributed by atoms with Crippen molar-refractivity contribution in [3.05, 3.63) is 30.0 Å². The first-order chi connectivity index (χ1) is 14.7. The molecular weight excluding hydrogens is 390 g/mol. The van der Waals surface area contributed by atoms with E-state index in [1.807, 2.05) is 12.1 Å². The van der Waals surface area contributed by atoms with Gasteiger partial charge < -0.3 is 26.8 Å². The summed E-state index contributed by atoms with van der Waals surface area (Å²) in [5.41, 5.74) is 14.3. The van der Waals surface area contributed by atoms with Crippen molar-refractivity contribution in [1.82, 2.24) is 10.3 Å². The minimum absolute atomic E-state index is 0.0276. The molecule has 31 heavy (non-hydrogen) atoms. The number of rotatable bonds is 11. The van der Waals surface area contributed by atoms with Gasteiger partial charge in [-0.2, -0.15) is 0 Å². The lowest BCUT2D eigenvalue weighted by Crippen LogP contribution is -2.41. The molecule has 172 valence electrons. The zero-order valence-electron chi connectivity index (χ0n) is 19.6. The van der Waals surface area contributed by atoms with Crippen LogP contribution in [-0.2, 0) is 10.2 Å². The number of anilines is 1. The molecule has 1 aromatic carbocycles. The highest BCUT2D eigenvalue weighted by Gasteiger charge is 2.18. The number of aromatic nitrogens is 1. The number of amides is 1. The van der Waals surface area contributed by atoms with Crippen LogP contribution in [0.3, 0.4) is 0 Å². The summed E-state index contributed by atoms with van der Waals surface area (Å²) in [6.45, 7) is 9.78. The van der Waals surface area contributed by atoms with Gasteiger partial charge in [0.15, 0.2) is 0 Å². The molecule has 0 aliphatic rings. The van der Waals surface area contributed by atoms with Crippen LogP contribution < -0.4 is 26.8 Å². The Morgan fingerprint density at radius 1 is 1.19 bits per heavy atom. The van der Waals surface area contributed by atoms with Crippen molar-refractivity contribution < 1.29 is 9.53 Å². The molecule has 0 aliphatic carbocycles. The van der Waals surface area contributed by atoms with Crippen molar-refractivity contribution in [3.8, 4) is 5.75 Å². The largest absolute Gasteiger partial charge is 0.497 e. The van der Waals surface area contributed by atoms with Gasteiger partial charge in [-0.15, -0.1) is 0 Å². The monoisotopic (exact) mass is 429 g/mol. The van der Waals surface area contributed by atoms with E-state index in [0.29, 0.717) is 19.5 Å². The smallest absolute Gasteiger partial charge is 0.236 e. The van der Waals surface area contributed by atoms with Crippen LogP contribution in [0.5, 0.6) is 5.75 Å². The first kappa shape index (κ1) is 24.9. The van der Waals surface area contributed by atoms with Crippen molar-refractivity contribution >= 4 is 22.5 Å². The van der Waals surface area contributed by atoms with Crippen LogP contribution in [0.15, 0.2) is 24.3 Å². The summed E-state index contributed by atoms with van der Waals surface area (Å²) in [6, 6.07) is 7.91. The van der Waals surface area contributed by atoms with Gasteiger partial charge in [0, 0.05) is 35.1 Å². The molecule has 2 atom stereocenters. The standard InChI is InChI=1S/C24H39N5O2/c1-16(8-7-13-27-23(30)19(26)9-6-12-25)28-20-15-18(31-5)14-17-10-11-21(24(2,3)4)29-22(17)20/h10-11,14-16,19,28H,6-9,12-13,25-26H2,1-5H3,(H,27,30)/t16?,19-/m0/s1. The molecule has 0 aliphatic heterocycles. The number of nitrogens with one attached hydrogen (secondary N) is 2. The lowest BCUT2D eigenvalue weighted by molar-refractivity contribution is -0.122. The number of pyridine rings is 1. The van der Waals surface area contributed by atoms with E-state index in [0.717, 1.165) is 47.3 Å². The van der Waals surface area contributed by atoms with Crippen LogP contribution in [0.4, 0.5) is 5.69 Å². The molecule has 1 aromatic heterocycles. The molecule has 6 N–H and O–H groups in total. The predicted molar refractivity (Wildman–Crippen MR) is 129 cm³/mol. The second-order valence-corrected chi connectivity index (χ2v) is 9.21. The Morgan fingerprint density at radius 3 is 2.58 bits per heavy atom. The maximum absolute atomic E-state index is 12.0. The summed E-state index contributed by atoms with van der Waals surface area (Å²) in [5.74, 6) is 0.693. The van der Waals surface area contributed by atoms with E-state index in [9.17, 15) is 4.79 Å². The summed E-state index contributed by atoms with van der Waals surface area (Å²) in [6.07, 6.45) is 3.13. The Balaban J connectivity index is 2.00. The van der Waals surface area contributed by atoms with E-state index < -0.39 is 6.04 Å². The molecule has 0 radical (unpaired) electrons. The van der Waals surface area contributed by atoms with Gasteiger partial charge in [0.05, 0.1) is 24.4 Å². The molecule has 7 nitrogen and oxygen atoms in total. The van der Waals surface area contributed by atoms with Gasteiger partial charge in [-0.05, 0) is 51.3 Å². The minimum atomic E-state index is -0.481. The summed E-state index contributed by atoms with van der Waals surface area (Å²) < 4.78 is 5.48. The molecule has 0 spiro atoms. The van der Waals surface area contributed by atoms with Crippen molar-refractivity contribution in [2.24, 2.45) is 11.5 Å². The minimum Gasteiger partial charge on any atom is -0.497 e. The average Bonchev–Trinajstić information content (AvgIpc) is 2.73. The van der Waals surface area contributed by atoms with Crippen molar-refractivity contribution in [2.75, 3.05) is 25.5 Å². The number of ether oxygens (including phenoxy) is 1. The van der Waals surface area contributed by atoms with Crippen LogP contribution in [0.1, 0.15) is 59.1 Å². The lowest BCUT2D eigenvalue weighted by Gasteiger charge is -2.21. The highest BCUT2D eigenvalue weighted by molar-refractivity contribution is 5.92. The lowest BCUT2D eigenvalue weighted by atomic mass is 9.91. The van der Waals surface area contributed by atoms with Gasteiger partial charge in [0.2, 0.25) is 5.91 Å². The Bertz CT molecular complexity index is 863. The number of methoxy groups -OCH3 is 1. The first-order valence-corrected chi connectivity index (χ1v) is 11.1. The maximum atomic E-state index is 12.0. The highest BCUT2D eigenvalue weighted by Crippen LogP contribution is 2.31. The number of fused-ring (bicyclic) bond motifs is 1. The second-order valence-electron chi connectivity index (χ2n) is 9.21. The van der Waals surface area contributed by atoms with Crippen molar-refractivity contribution in [1.29, 1.82) is 0 Å². The molecule has 0 saturated carbocycles. The van der Waals surface area contributed by atoms with E-state index in [1.165, 1.54) is 0 Å². The van der Waals surface area contributed by atoms with E-state index >= 15 is 0 Å². The number of nitrogens with two attached hydrogens (primary N) is 2. The van der Waals surface area contributed by atoms with Gasteiger partial charge in [-0.3, -0.25) is 9.78 Å². The first-order valence-electron chi connectivity index (χ1n) is 11.1. The highest BCUT2D eigenvalue weighted by atomic mass is 16.5. The summed E-state index contributed by atoms with van der Waals surface area (Å²) in [4.78, 5) is 16.9. The predicted octanol–water partition coefficient (Wildman–Crippen LogP) is 3.30. The maximum Gasteiger partial charge on any atom is 0.236 e. The summed E-state index contributed by atoms with van der Waals surface area (Å²) >= 11 is 0. The summed E-state index contributed by atoms with van der Waals surface area (Å²) in [7, 11) is 1.67. The quantitative estimate of drug-likeness (QED) is 0.407. The zero-order chi connectivity index (χ0) is 23.0. The second kappa shape index (κ2) is 11.3. The molecule has 7 heteroatoms. The fourth-order valence-corrected chi connectivity index (χ4v) is 3.41. The van der Waals surface area contributed by atoms with Crippen LogP contribution in [-0.4, -0.2) is 43.2 Å². The Morgan fingerprint density at radius 2 is 1.94 bits per heavy atom. The SMILES string of the molecule is COc1cc(NC(C)CCCNC(=O)[C@@H](N)CCCN)c2nc(C(C)(C)C)ccc2c1. The van der Waals surface area contributed by atoms with Crippen molar-refractivity contribution in [2.45, 2.75) is 70.9 Å². The molecule has 0 saturated heterocycles. The Hall–Kier alpha value is -2.38. The number of nitrogens with zero attached hydrogens (tertiary/aromatic N) is 1. The third-order valence-corrected chi connectivity index (χ3v) is 5.34. The van der Waals surface area contributed by atoms with Gasteiger partial charge in [-0.25, -0.2) is 0 Å². The van der Waals surface area contributed by atoms with Gasteiger partial charge in [-0.1, -0.05) is 26.8 Å². The van der Waals surface area contributed by atoms with Gasteiger partial charge in [0.1, 0.15) is 5.75 Å². The molecular formula is C24H39N5O2. The number of hydrogen-bond donors (Lipinski definition) is 4. The fraction of sp³-hybridized carbons (Fsp3) is 0.583. The number of hydrogen-bond acceptors (Lipinski definition) is 6. The van der Waals surface area contributed by atoms with E-state index in [2.05, 4.69) is 50.5 Å². The van der Waals surface area contributed by atoms with E-state index in [1.54, 1.807) is 7.11 Å². The van der Waals surface area contributed by atoms with E-state index in [-0.39, 0.29) is 17.4 Å². The van der Waals surface area contributed by atoms with Gasteiger partial charge in [0.25, 0.3) is 0 Å². The molecule has 0 bridgehead atoms. The Kier molecular flexibility index (Phi) is 9.07. The number of carbonyl (C=O) groups excluding carboxylic acids is 1. The average molecular weight is 430 g/mol. The molecule has 2 aromatic rings. The van der Waals surface area contributed by atoms with Crippen molar-refractivity contribution in [3.63, 3.8) is 0 Å². The third kappa shape index (κ3) is 7.36. The molecule has 2 rings (SSSR count). The van der Waals surface area contributed by atoms with Crippen LogP contribution in [0.2, 0.25) is 0 Å². The van der Waals surface area contributed by atoms with Gasteiger partial charge >= 0.3 is 0 Å². The zero-order valence-corrected chi connectivity index (χ0v) is 19.6. The van der Waals surface area contributed by atoms with E-state index in [4.69, 9.17) is 21.2 Å². The van der Waals surface area contributed by atoms with Crippen LogP contribution >= 0.6 is 0 Å². The summed E-state index contributed by atoms with van der Waals surface area (Å²) in [5, 5.41) is 7.54. The number of benzene rings is 1. The fourth-order valence-electron chi connectivity index (χ4n) is 3.41. The molecule has 0 fully saturated rings. The topological polar surface area (TPSA) is 115 Å². The number of carbonyl (C=O) groups is 1. The Labute approximate surface area is 186 Å². The third-order valence-electron chi connectivity index (χ3n) is 5.34. The molecule has 1 unspecified atom stereocenters. The molecule has 1 heterocycles. The van der Waals surface area contributed by atoms with Crippen LogP contribution in [0, 0.1) is 0 Å². The molecule has 1 amide bonds.